The summed E-state index contributed by atoms with van der Waals surface area (Å²) in [5.41, 5.74) is 7.84. The van der Waals surface area contributed by atoms with Gasteiger partial charge in [-0.2, -0.15) is 0 Å². The average molecular weight is 420 g/mol. The van der Waals surface area contributed by atoms with E-state index in [9.17, 15) is 0 Å². The Hall–Kier alpha value is -2.53. The minimum Gasteiger partial charge on any atom is -0.497 e. The molecule has 0 aliphatic rings. The molecule has 2 heterocycles. The molecule has 0 atom stereocenters. The lowest BCUT2D eigenvalue weighted by molar-refractivity contribution is 0.0958. The van der Waals surface area contributed by atoms with Crippen LogP contribution >= 0.6 is 23.6 Å². The van der Waals surface area contributed by atoms with Crippen molar-refractivity contribution in [2.45, 2.75) is 0 Å². The minimum absolute atomic E-state index is 0.00648. The van der Waals surface area contributed by atoms with E-state index in [-0.39, 0.29) is 6.61 Å². The van der Waals surface area contributed by atoms with Crippen molar-refractivity contribution in [2.24, 2.45) is 0 Å². The molecule has 0 unspecified atom stereocenters. The number of anilines is 1. The zero-order valence-corrected chi connectivity index (χ0v) is 16.9. The number of hydrazine groups is 1. The Bertz CT molecular complexity index is 934. The molecule has 0 amide bonds. The van der Waals surface area contributed by atoms with E-state index in [1.807, 2.05) is 30.3 Å². The molecule has 4 N–H and O–H groups in total. The number of ether oxygens (including phenoxy) is 2. The van der Waals surface area contributed by atoms with Gasteiger partial charge in [0.05, 0.1) is 37.1 Å². The van der Waals surface area contributed by atoms with Crippen molar-refractivity contribution in [3.05, 3.63) is 36.7 Å². The summed E-state index contributed by atoms with van der Waals surface area (Å²) in [5, 5.41) is 12.1. The fourth-order valence-corrected chi connectivity index (χ4v) is 3.63. The van der Waals surface area contributed by atoms with Gasteiger partial charge in [-0.05, 0) is 36.0 Å². The van der Waals surface area contributed by atoms with Crippen molar-refractivity contribution in [3.8, 4) is 16.2 Å². The number of fused-ring (bicyclic) bond motifs is 1. The van der Waals surface area contributed by atoms with Crippen LogP contribution in [0.1, 0.15) is 0 Å². The van der Waals surface area contributed by atoms with E-state index in [4.69, 9.17) is 26.8 Å². The van der Waals surface area contributed by atoms with Crippen LogP contribution in [0.2, 0.25) is 0 Å². The van der Waals surface area contributed by atoms with Crippen molar-refractivity contribution in [2.75, 3.05) is 38.9 Å². The van der Waals surface area contributed by atoms with Gasteiger partial charge in [0.15, 0.2) is 10.9 Å². The number of nitrogens with zero attached hydrogens (tertiary/aromatic N) is 2. The molecule has 0 aliphatic heterocycles. The molecular formula is C18H21N5O3S2. The Morgan fingerprint density at radius 2 is 2.14 bits per heavy atom. The second kappa shape index (κ2) is 10.1. The fraction of sp³-hybridized carbons (Fsp3) is 0.278. The average Bonchev–Trinajstić information content (AvgIpc) is 3.17. The zero-order valence-electron chi connectivity index (χ0n) is 15.3. The lowest BCUT2D eigenvalue weighted by atomic mass is 10.2. The number of benzene rings is 1. The molecule has 0 bridgehead atoms. The number of aliphatic hydroxyl groups is 1. The highest BCUT2D eigenvalue weighted by atomic mass is 32.1. The molecule has 3 rings (SSSR count). The van der Waals surface area contributed by atoms with E-state index < -0.39 is 0 Å². The first-order chi connectivity index (χ1) is 13.7. The minimum atomic E-state index is 0.00648. The molecule has 0 saturated carbocycles. The third-order valence-corrected chi connectivity index (χ3v) is 5.15. The molecule has 0 fully saturated rings. The Kier molecular flexibility index (Phi) is 7.31. The van der Waals surface area contributed by atoms with Crippen LogP contribution < -0.4 is 20.9 Å². The van der Waals surface area contributed by atoms with E-state index in [0.29, 0.717) is 30.7 Å². The van der Waals surface area contributed by atoms with Gasteiger partial charge < -0.3 is 19.9 Å². The van der Waals surface area contributed by atoms with Crippen LogP contribution in [0.25, 0.3) is 20.7 Å². The van der Waals surface area contributed by atoms with E-state index in [1.54, 1.807) is 18.4 Å². The predicted octanol–water partition coefficient (Wildman–Crippen LogP) is 2.17. The highest BCUT2D eigenvalue weighted by Crippen LogP contribution is 2.36. The number of rotatable bonds is 9. The number of methoxy groups -OCH3 is 1. The Morgan fingerprint density at radius 1 is 1.25 bits per heavy atom. The third kappa shape index (κ3) is 5.26. The topological polar surface area (TPSA) is 101 Å². The molecule has 3 aromatic rings. The Balaban J connectivity index is 1.65. The quantitative estimate of drug-likeness (QED) is 0.236. The van der Waals surface area contributed by atoms with Crippen LogP contribution in [0.3, 0.4) is 0 Å². The molecule has 28 heavy (non-hydrogen) atoms. The van der Waals surface area contributed by atoms with Gasteiger partial charge in [-0.1, -0.05) is 12.1 Å². The van der Waals surface area contributed by atoms with Crippen LogP contribution in [0.4, 0.5) is 5.82 Å². The largest absolute Gasteiger partial charge is 0.497 e. The maximum absolute atomic E-state index is 8.66. The molecule has 8 nitrogen and oxygen atoms in total. The van der Waals surface area contributed by atoms with Crippen LogP contribution in [0.15, 0.2) is 36.7 Å². The molecule has 0 spiro atoms. The second-order valence-corrected chi connectivity index (χ2v) is 7.08. The van der Waals surface area contributed by atoms with Crippen molar-refractivity contribution >= 4 is 44.7 Å². The van der Waals surface area contributed by atoms with Gasteiger partial charge in [0.25, 0.3) is 0 Å². The first kappa shape index (κ1) is 20.2. The Labute approximate surface area is 171 Å². The highest BCUT2D eigenvalue weighted by Gasteiger charge is 2.11. The number of aliphatic hydroxyl groups excluding tert-OH is 1. The molecule has 1 aromatic carbocycles. The van der Waals surface area contributed by atoms with Gasteiger partial charge in [0.2, 0.25) is 0 Å². The van der Waals surface area contributed by atoms with E-state index in [1.165, 1.54) is 6.33 Å². The summed E-state index contributed by atoms with van der Waals surface area (Å²) in [6.07, 6.45) is 1.51. The predicted molar refractivity (Wildman–Crippen MR) is 115 cm³/mol. The second-order valence-electron chi connectivity index (χ2n) is 5.62. The maximum Gasteiger partial charge on any atom is 0.185 e. The summed E-state index contributed by atoms with van der Waals surface area (Å²) < 4.78 is 11.4. The summed E-state index contributed by atoms with van der Waals surface area (Å²) in [6, 6.07) is 9.91. The number of nitrogens with one attached hydrogen (secondary N) is 3. The summed E-state index contributed by atoms with van der Waals surface area (Å²) in [7, 11) is 1.65. The Morgan fingerprint density at radius 3 is 2.96 bits per heavy atom. The zero-order chi connectivity index (χ0) is 19.8. The van der Waals surface area contributed by atoms with Gasteiger partial charge in [-0.15, -0.1) is 11.3 Å². The third-order valence-electron chi connectivity index (χ3n) is 3.73. The molecule has 0 radical (unpaired) electrons. The fourth-order valence-electron chi connectivity index (χ4n) is 2.43. The van der Waals surface area contributed by atoms with Gasteiger partial charge in [0.1, 0.15) is 12.1 Å². The summed E-state index contributed by atoms with van der Waals surface area (Å²) in [6.45, 7) is 1.31. The smallest absolute Gasteiger partial charge is 0.185 e. The lowest BCUT2D eigenvalue weighted by Crippen LogP contribution is -2.40. The number of thiocarbonyl (C=S) groups is 1. The molecular weight excluding hydrogens is 398 g/mol. The molecule has 2 aromatic heterocycles. The van der Waals surface area contributed by atoms with E-state index in [0.717, 1.165) is 26.4 Å². The van der Waals surface area contributed by atoms with E-state index in [2.05, 4.69) is 26.1 Å². The number of hydrogen-bond acceptors (Lipinski definition) is 8. The summed E-state index contributed by atoms with van der Waals surface area (Å²) in [4.78, 5) is 9.72. The van der Waals surface area contributed by atoms with Gasteiger partial charge >= 0.3 is 0 Å². The van der Waals surface area contributed by atoms with E-state index >= 15 is 0 Å². The van der Waals surface area contributed by atoms with Crippen LogP contribution in [-0.4, -0.2) is 53.7 Å². The van der Waals surface area contributed by atoms with Crippen LogP contribution in [0, 0.1) is 0 Å². The van der Waals surface area contributed by atoms with Crippen LogP contribution in [-0.2, 0) is 4.74 Å². The maximum atomic E-state index is 8.66. The lowest BCUT2D eigenvalue weighted by Gasteiger charge is -2.12. The first-order valence-electron chi connectivity index (χ1n) is 8.58. The normalized spacial score (nSPS) is 10.6. The van der Waals surface area contributed by atoms with Gasteiger partial charge in [-0.25, -0.2) is 9.97 Å². The van der Waals surface area contributed by atoms with Crippen molar-refractivity contribution in [1.29, 1.82) is 0 Å². The van der Waals surface area contributed by atoms with Crippen molar-refractivity contribution in [1.82, 2.24) is 20.7 Å². The van der Waals surface area contributed by atoms with Gasteiger partial charge in [0, 0.05) is 11.4 Å². The number of thiophene rings is 1. The SMILES string of the molecule is COc1cccc(-c2cc3ncnc(NNC(=S)NCCOCCO)c3s2)c1. The standard InChI is InChI=1S/C18H21N5O3S2/c1-25-13-4-2-3-12(9-13)15-10-14-16(28-15)17(21-11-20-14)22-23-18(27)19-5-7-26-8-6-24/h2-4,9-11,24H,5-8H2,1H3,(H2,19,23,27)(H,20,21,22). The molecule has 10 heteroatoms. The number of aromatic nitrogens is 2. The number of hydrogen-bond donors (Lipinski definition) is 4. The van der Waals surface area contributed by atoms with Crippen molar-refractivity contribution in [3.63, 3.8) is 0 Å². The summed E-state index contributed by atoms with van der Waals surface area (Å²) in [5.74, 6) is 1.45. The highest BCUT2D eigenvalue weighted by molar-refractivity contribution is 7.80. The van der Waals surface area contributed by atoms with Crippen molar-refractivity contribution < 1.29 is 14.6 Å². The first-order valence-corrected chi connectivity index (χ1v) is 9.81. The molecule has 148 valence electrons. The van der Waals surface area contributed by atoms with Crippen LogP contribution in [0.5, 0.6) is 5.75 Å². The monoisotopic (exact) mass is 419 g/mol. The molecule has 0 aliphatic carbocycles. The van der Waals surface area contributed by atoms with Gasteiger partial charge in [-0.3, -0.25) is 10.9 Å². The molecule has 0 saturated heterocycles. The summed E-state index contributed by atoms with van der Waals surface area (Å²) >= 11 is 6.80.